The van der Waals surface area contributed by atoms with E-state index in [0.717, 1.165) is 49.7 Å². The van der Waals surface area contributed by atoms with Crippen molar-refractivity contribution in [2.45, 2.75) is 51.6 Å². The molecule has 0 saturated heterocycles. The van der Waals surface area contributed by atoms with Crippen LogP contribution in [-0.4, -0.2) is 30.8 Å². The van der Waals surface area contributed by atoms with Crippen molar-refractivity contribution in [3.8, 4) is 0 Å². The third-order valence-corrected chi connectivity index (χ3v) is 4.18. The van der Waals surface area contributed by atoms with Crippen LogP contribution in [0.3, 0.4) is 0 Å². The van der Waals surface area contributed by atoms with Gasteiger partial charge in [0, 0.05) is 23.7 Å². The molecule has 3 heterocycles. The normalized spacial score (nSPS) is 20.6. The van der Waals surface area contributed by atoms with Crippen LogP contribution < -0.4 is 5.32 Å². The molecule has 1 aliphatic heterocycles. The molecule has 0 unspecified atom stereocenters. The minimum absolute atomic E-state index is 0.378. The van der Waals surface area contributed by atoms with E-state index < -0.39 is 0 Å². The number of nitrogens with one attached hydrogen (secondary N) is 1. The minimum Gasteiger partial charge on any atom is -0.365 e. The topological polar surface area (TPSA) is 68.5 Å². The molecule has 0 fully saturated rings. The second kappa shape index (κ2) is 4.54. The number of aromatic nitrogens is 5. The number of hydrogen-bond acceptors (Lipinski definition) is 5. The monoisotopic (exact) mass is 270 g/mol. The highest BCUT2D eigenvalue weighted by Crippen LogP contribution is 2.26. The van der Waals surface area contributed by atoms with Gasteiger partial charge >= 0.3 is 0 Å². The molecule has 2 aromatic heterocycles. The van der Waals surface area contributed by atoms with Crippen molar-refractivity contribution >= 4 is 5.82 Å². The maximum atomic E-state index is 4.45. The summed E-state index contributed by atoms with van der Waals surface area (Å²) < 4.78 is 2.03. The van der Waals surface area contributed by atoms with Crippen LogP contribution in [0, 0.1) is 6.92 Å². The van der Waals surface area contributed by atoms with Crippen LogP contribution in [0.4, 0.5) is 5.82 Å². The molecule has 4 rings (SSSR count). The van der Waals surface area contributed by atoms with Gasteiger partial charge < -0.3 is 5.32 Å². The summed E-state index contributed by atoms with van der Waals surface area (Å²) in [5.41, 5.74) is 2.53. The van der Waals surface area contributed by atoms with Crippen LogP contribution in [0.2, 0.25) is 0 Å². The first kappa shape index (κ1) is 11.8. The lowest BCUT2D eigenvalue weighted by Crippen LogP contribution is -2.32. The van der Waals surface area contributed by atoms with Gasteiger partial charge in [0.25, 0.3) is 0 Å². The van der Waals surface area contributed by atoms with Gasteiger partial charge in [-0.25, -0.2) is 19.6 Å². The van der Waals surface area contributed by atoms with E-state index in [2.05, 4.69) is 25.4 Å². The Hall–Kier alpha value is -1.98. The number of fused-ring (bicyclic) bond motifs is 2. The van der Waals surface area contributed by atoms with Crippen molar-refractivity contribution in [1.82, 2.24) is 24.7 Å². The summed E-state index contributed by atoms with van der Waals surface area (Å²) in [5, 5.41) is 8.04. The summed E-state index contributed by atoms with van der Waals surface area (Å²) in [4.78, 5) is 13.3. The van der Waals surface area contributed by atoms with Crippen LogP contribution in [0.5, 0.6) is 0 Å². The fraction of sp³-hybridized carbons (Fsp3) is 0.571. The van der Waals surface area contributed by atoms with Crippen molar-refractivity contribution in [1.29, 1.82) is 0 Å². The van der Waals surface area contributed by atoms with Crippen LogP contribution in [0.25, 0.3) is 0 Å². The maximum absolute atomic E-state index is 4.45. The molecular formula is C14H18N6. The summed E-state index contributed by atoms with van der Waals surface area (Å²) in [6.07, 6.45) is 7.12. The zero-order valence-electron chi connectivity index (χ0n) is 11.6. The van der Waals surface area contributed by atoms with E-state index in [9.17, 15) is 0 Å². The second-order valence-electron chi connectivity index (χ2n) is 5.64. The average Bonchev–Trinajstić information content (AvgIpc) is 3.03. The summed E-state index contributed by atoms with van der Waals surface area (Å²) in [5.74, 6) is 3.00. The Balaban J connectivity index is 1.55. The fourth-order valence-corrected chi connectivity index (χ4v) is 3.23. The zero-order valence-corrected chi connectivity index (χ0v) is 11.6. The quantitative estimate of drug-likeness (QED) is 0.890. The van der Waals surface area contributed by atoms with Crippen LogP contribution in [0.1, 0.15) is 35.7 Å². The van der Waals surface area contributed by atoms with E-state index in [-0.39, 0.29) is 0 Å². The molecule has 6 nitrogen and oxygen atoms in total. The molecule has 0 radical (unpaired) electrons. The van der Waals surface area contributed by atoms with Gasteiger partial charge in [-0.15, -0.1) is 0 Å². The Morgan fingerprint density at radius 3 is 3.15 bits per heavy atom. The molecule has 0 saturated carbocycles. The maximum Gasteiger partial charge on any atom is 0.147 e. The van der Waals surface area contributed by atoms with E-state index >= 15 is 0 Å². The summed E-state index contributed by atoms with van der Waals surface area (Å²) >= 11 is 0. The van der Waals surface area contributed by atoms with Crippen molar-refractivity contribution in [3.63, 3.8) is 0 Å². The number of aryl methyl sites for hydroxylation is 3. The molecule has 0 bridgehead atoms. The predicted molar refractivity (Wildman–Crippen MR) is 74.5 cm³/mol. The SMILES string of the molecule is Cc1nc2n(n1)C[C@@H](Nc1ncnc3c1CCC3)CC2. The molecule has 2 aliphatic rings. The lowest BCUT2D eigenvalue weighted by Gasteiger charge is -2.24. The molecule has 0 spiro atoms. The van der Waals surface area contributed by atoms with E-state index in [0.29, 0.717) is 6.04 Å². The predicted octanol–water partition coefficient (Wildman–Crippen LogP) is 1.29. The van der Waals surface area contributed by atoms with Crippen molar-refractivity contribution < 1.29 is 0 Å². The van der Waals surface area contributed by atoms with E-state index in [1.54, 1.807) is 6.33 Å². The highest BCUT2D eigenvalue weighted by atomic mass is 15.4. The Morgan fingerprint density at radius 1 is 1.25 bits per heavy atom. The smallest absolute Gasteiger partial charge is 0.147 e. The number of anilines is 1. The van der Waals surface area contributed by atoms with Gasteiger partial charge in [0.05, 0.1) is 6.54 Å². The van der Waals surface area contributed by atoms with Crippen LogP contribution >= 0.6 is 0 Å². The van der Waals surface area contributed by atoms with E-state index in [1.807, 2.05) is 11.6 Å². The highest BCUT2D eigenvalue weighted by molar-refractivity contribution is 5.48. The minimum atomic E-state index is 0.378. The van der Waals surface area contributed by atoms with Gasteiger partial charge in [0.1, 0.15) is 23.8 Å². The Morgan fingerprint density at radius 2 is 2.20 bits per heavy atom. The van der Waals surface area contributed by atoms with Gasteiger partial charge in [0.2, 0.25) is 0 Å². The standard InChI is InChI=1S/C14H18N6/c1-9-17-13-6-5-10(7-20(13)19-9)18-14-11-3-2-4-12(11)15-8-16-14/h8,10H,2-7H2,1H3,(H,15,16,18)/t10-/m0/s1. The molecular weight excluding hydrogens is 252 g/mol. The number of nitrogens with zero attached hydrogens (tertiary/aromatic N) is 5. The Bertz CT molecular complexity index is 647. The van der Waals surface area contributed by atoms with Crippen LogP contribution in [-0.2, 0) is 25.8 Å². The highest BCUT2D eigenvalue weighted by Gasteiger charge is 2.23. The lowest BCUT2D eigenvalue weighted by molar-refractivity contribution is 0.440. The van der Waals surface area contributed by atoms with Gasteiger partial charge in [-0.2, -0.15) is 5.10 Å². The third-order valence-electron chi connectivity index (χ3n) is 4.18. The molecule has 20 heavy (non-hydrogen) atoms. The van der Waals surface area contributed by atoms with Gasteiger partial charge in [-0.05, 0) is 32.6 Å². The second-order valence-corrected chi connectivity index (χ2v) is 5.64. The molecule has 1 aliphatic carbocycles. The van der Waals surface area contributed by atoms with Gasteiger partial charge in [0.15, 0.2) is 0 Å². The molecule has 1 N–H and O–H groups in total. The summed E-state index contributed by atoms with van der Waals surface area (Å²) in [7, 11) is 0. The first-order valence-electron chi connectivity index (χ1n) is 7.29. The van der Waals surface area contributed by atoms with Crippen LogP contribution in [0.15, 0.2) is 6.33 Å². The number of hydrogen-bond donors (Lipinski definition) is 1. The molecule has 1 atom stereocenters. The van der Waals surface area contributed by atoms with Gasteiger partial charge in [-0.1, -0.05) is 0 Å². The van der Waals surface area contributed by atoms with Gasteiger partial charge in [-0.3, -0.25) is 0 Å². The summed E-state index contributed by atoms with van der Waals surface area (Å²) in [6, 6.07) is 0.378. The van der Waals surface area contributed by atoms with E-state index in [4.69, 9.17) is 0 Å². The average molecular weight is 270 g/mol. The van der Waals surface area contributed by atoms with Crippen molar-refractivity contribution in [3.05, 3.63) is 29.2 Å². The molecule has 0 amide bonds. The molecule has 6 heteroatoms. The summed E-state index contributed by atoms with van der Waals surface area (Å²) in [6.45, 7) is 2.82. The first-order chi connectivity index (χ1) is 9.79. The fourth-order valence-electron chi connectivity index (χ4n) is 3.23. The molecule has 0 aromatic carbocycles. The largest absolute Gasteiger partial charge is 0.365 e. The Kier molecular flexibility index (Phi) is 2.68. The number of rotatable bonds is 2. The zero-order chi connectivity index (χ0) is 13.5. The lowest BCUT2D eigenvalue weighted by atomic mass is 10.1. The third kappa shape index (κ3) is 1.95. The van der Waals surface area contributed by atoms with Crippen molar-refractivity contribution in [2.75, 3.05) is 5.32 Å². The molecule has 2 aromatic rings. The van der Waals surface area contributed by atoms with E-state index in [1.165, 1.54) is 17.7 Å². The molecule has 104 valence electrons. The Labute approximate surface area is 117 Å². The first-order valence-corrected chi connectivity index (χ1v) is 7.29. The van der Waals surface area contributed by atoms with Crippen molar-refractivity contribution in [2.24, 2.45) is 0 Å².